The Balaban J connectivity index is 1.90. The van der Waals surface area contributed by atoms with Crippen LogP contribution in [0.2, 0.25) is 5.02 Å². The molecule has 1 atom stereocenters. The molecule has 0 amide bonds. The van der Waals surface area contributed by atoms with Crippen LogP contribution in [0.1, 0.15) is 19.3 Å². The van der Waals surface area contributed by atoms with Crippen LogP contribution in [0.15, 0.2) is 22.7 Å². The van der Waals surface area contributed by atoms with Crippen molar-refractivity contribution in [2.24, 2.45) is 0 Å². The van der Waals surface area contributed by atoms with Gasteiger partial charge in [-0.2, -0.15) is 0 Å². The van der Waals surface area contributed by atoms with Crippen LogP contribution in [-0.4, -0.2) is 19.3 Å². The second-order valence-electron chi connectivity index (χ2n) is 3.87. The van der Waals surface area contributed by atoms with Gasteiger partial charge in [-0.1, -0.05) is 11.6 Å². The van der Waals surface area contributed by atoms with Crippen molar-refractivity contribution in [2.75, 3.05) is 13.2 Å². The topological polar surface area (TPSA) is 18.5 Å². The Hall–Kier alpha value is -0.250. The lowest BCUT2D eigenvalue weighted by molar-refractivity contribution is -0.0112. The van der Waals surface area contributed by atoms with E-state index >= 15 is 0 Å². The van der Waals surface area contributed by atoms with Gasteiger partial charge in [0.2, 0.25) is 0 Å². The summed E-state index contributed by atoms with van der Waals surface area (Å²) in [4.78, 5) is 0. The van der Waals surface area contributed by atoms with Gasteiger partial charge in [0.25, 0.3) is 0 Å². The quantitative estimate of drug-likeness (QED) is 0.839. The van der Waals surface area contributed by atoms with Gasteiger partial charge in [-0.25, -0.2) is 0 Å². The van der Waals surface area contributed by atoms with Gasteiger partial charge in [0.15, 0.2) is 0 Å². The van der Waals surface area contributed by atoms with E-state index in [4.69, 9.17) is 21.1 Å². The lowest BCUT2D eigenvalue weighted by Gasteiger charge is -2.22. The Kier molecular flexibility index (Phi) is 4.50. The highest BCUT2D eigenvalue weighted by molar-refractivity contribution is 9.10. The minimum Gasteiger partial charge on any atom is -0.490 e. The molecule has 2 nitrogen and oxygen atoms in total. The summed E-state index contributed by atoms with van der Waals surface area (Å²) in [6.07, 6.45) is 3.69. The predicted molar refractivity (Wildman–Crippen MR) is 68.2 cm³/mol. The van der Waals surface area contributed by atoms with E-state index in [1.165, 1.54) is 6.42 Å². The molecule has 1 aliphatic heterocycles. The number of ether oxygens (including phenoxy) is 2. The highest BCUT2D eigenvalue weighted by atomic mass is 79.9. The molecular weight excluding hydrogens is 291 g/mol. The Morgan fingerprint density at radius 2 is 2.31 bits per heavy atom. The molecule has 1 aliphatic rings. The third-order valence-electron chi connectivity index (χ3n) is 2.59. The SMILES string of the molecule is Clc1ccc(Br)c(OC[C@@H]2CCCCO2)c1. The minimum atomic E-state index is 0.222. The number of benzene rings is 1. The summed E-state index contributed by atoms with van der Waals surface area (Å²) < 4.78 is 12.2. The fourth-order valence-corrected chi connectivity index (χ4v) is 2.23. The first kappa shape index (κ1) is 12.2. The van der Waals surface area contributed by atoms with E-state index in [0.717, 1.165) is 29.7 Å². The van der Waals surface area contributed by atoms with Crippen molar-refractivity contribution < 1.29 is 9.47 Å². The molecule has 4 heteroatoms. The molecule has 1 aromatic carbocycles. The molecule has 1 heterocycles. The third-order valence-corrected chi connectivity index (χ3v) is 3.48. The first-order valence-corrected chi connectivity index (χ1v) is 6.62. The zero-order valence-electron chi connectivity index (χ0n) is 8.92. The number of hydrogen-bond acceptors (Lipinski definition) is 2. The van der Waals surface area contributed by atoms with Gasteiger partial charge in [-0.15, -0.1) is 0 Å². The Morgan fingerprint density at radius 3 is 3.06 bits per heavy atom. The Bertz CT molecular complexity index is 351. The highest BCUT2D eigenvalue weighted by Gasteiger charge is 2.15. The molecule has 0 unspecified atom stereocenters. The van der Waals surface area contributed by atoms with Crippen LogP contribution in [-0.2, 0) is 4.74 Å². The van der Waals surface area contributed by atoms with E-state index in [2.05, 4.69) is 15.9 Å². The van der Waals surface area contributed by atoms with Gasteiger partial charge in [0.1, 0.15) is 12.4 Å². The highest BCUT2D eigenvalue weighted by Crippen LogP contribution is 2.28. The van der Waals surface area contributed by atoms with Crippen molar-refractivity contribution in [1.82, 2.24) is 0 Å². The lowest BCUT2D eigenvalue weighted by Crippen LogP contribution is -2.25. The van der Waals surface area contributed by atoms with Crippen LogP contribution >= 0.6 is 27.5 Å². The summed E-state index contributed by atoms with van der Waals surface area (Å²) in [6.45, 7) is 1.45. The van der Waals surface area contributed by atoms with Crippen molar-refractivity contribution in [3.63, 3.8) is 0 Å². The van der Waals surface area contributed by atoms with Gasteiger partial charge in [-0.05, 0) is 53.4 Å². The van der Waals surface area contributed by atoms with Crippen LogP contribution in [0.25, 0.3) is 0 Å². The average molecular weight is 306 g/mol. The standard InChI is InChI=1S/C12H14BrClO2/c13-11-5-4-9(14)7-12(11)16-8-10-3-1-2-6-15-10/h4-5,7,10H,1-3,6,8H2/t10-/m0/s1. The summed E-state index contributed by atoms with van der Waals surface area (Å²) in [5, 5.41) is 0.683. The number of halogens is 2. The molecular formula is C12H14BrClO2. The van der Waals surface area contributed by atoms with E-state index in [1.807, 2.05) is 18.2 Å². The van der Waals surface area contributed by atoms with Crippen LogP contribution in [0.4, 0.5) is 0 Å². The fourth-order valence-electron chi connectivity index (χ4n) is 1.71. The molecule has 0 spiro atoms. The van der Waals surface area contributed by atoms with E-state index in [0.29, 0.717) is 11.6 Å². The zero-order valence-corrected chi connectivity index (χ0v) is 11.3. The Labute approximate surface area is 109 Å². The van der Waals surface area contributed by atoms with Crippen LogP contribution < -0.4 is 4.74 Å². The van der Waals surface area contributed by atoms with Crippen molar-refractivity contribution in [3.05, 3.63) is 27.7 Å². The molecule has 16 heavy (non-hydrogen) atoms. The second kappa shape index (κ2) is 5.89. The fraction of sp³-hybridized carbons (Fsp3) is 0.500. The Morgan fingerprint density at radius 1 is 1.44 bits per heavy atom. The van der Waals surface area contributed by atoms with Crippen LogP contribution in [0.5, 0.6) is 5.75 Å². The second-order valence-corrected chi connectivity index (χ2v) is 5.17. The van der Waals surface area contributed by atoms with Gasteiger partial charge in [-0.3, -0.25) is 0 Å². The summed E-state index contributed by atoms with van der Waals surface area (Å²) >= 11 is 9.34. The number of hydrogen-bond donors (Lipinski definition) is 0. The molecule has 0 radical (unpaired) electrons. The maximum absolute atomic E-state index is 5.91. The van der Waals surface area contributed by atoms with E-state index in [1.54, 1.807) is 0 Å². The summed E-state index contributed by atoms with van der Waals surface area (Å²) in [5.41, 5.74) is 0. The van der Waals surface area contributed by atoms with Gasteiger partial charge in [0.05, 0.1) is 10.6 Å². The van der Waals surface area contributed by atoms with E-state index < -0.39 is 0 Å². The van der Waals surface area contributed by atoms with Crippen molar-refractivity contribution in [2.45, 2.75) is 25.4 Å². The van der Waals surface area contributed by atoms with Crippen molar-refractivity contribution in [1.29, 1.82) is 0 Å². The zero-order chi connectivity index (χ0) is 11.4. The molecule has 1 aromatic rings. The van der Waals surface area contributed by atoms with Gasteiger partial charge in [0, 0.05) is 11.6 Å². The maximum Gasteiger partial charge on any atom is 0.135 e. The first-order valence-electron chi connectivity index (χ1n) is 5.45. The molecule has 1 saturated heterocycles. The molecule has 0 bridgehead atoms. The van der Waals surface area contributed by atoms with Crippen molar-refractivity contribution in [3.8, 4) is 5.75 Å². The first-order chi connectivity index (χ1) is 7.75. The smallest absolute Gasteiger partial charge is 0.135 e. The van der Waals surface area contributed by atoms with Crippen LogP contribution in [0.3, 0.4) is 0 Å². The minimum absolute atomic E-state index is 0.222. The largest absolute Gasteiger partial charge is 0.490 e. The number of rotatable bonds is 3. The molecule has 0 aromatic heterocycles. The molecule has 0 N–H and O–H groups in total. The molecule has 88 valence electrons. The normalized spacial score (nSPS) is 20.8. The van der Waals surface area contributed by atoms with Gasteiger partial charge >= 0.3 is 0 Å². The third kappa shape index (κ3) is 3.37. The van der Waals surface area contributed by atoms with Crippen LogP contribution in [0, 0.1) is 0 Å². The summed E-state index contributed by atoms with van der Waals surface area (Å²) in [6, 6.07) is 5.53. The average Bonchev–Trinajstić information content (AvgIpc) is 2.32. The molecule has 1 fully saturated rings. The summed E-state index contributed by atoms with van der Waals surface area (Å²) in [5.74, 6) is 0.779. The monoisotopic (exact) mass is 304 g/mol. The molecule has 0 saturated carbocycles. The van der Waals surface area contributed by atoms with E-state index in [9.17, 15) is 0 Å². The van der Waals surface area contributed by atoms with Gasteiger partial charge < -0.3 is 9.47 Å². The molecule has 2 rings (SSSR count). The predicted octanol–water partition coefficient (Wildman–Crippen LogP) is 4.05. The van der Waals surface area contributed by atoms with E-state index in [-0.39, 0.29) is 6.10 Å². The lowest BCUT2D eigenvalue weighted by atomic mass is 10.1. The molecule has 0 aliphatic carbocycles. The maximum atomic E-state index is 5.91. The summed E-state index contributed by atoms with van der Waals surface area (Å²) in [7, 11) is 0. The van der Waals surface area contributed by atoms with Crippen molar-refractivity contribution >= 4 is 27.5 Å².